The highest BCUT2D eigenvalue weighted by Crippen LogP contribution is 2.63. The van der Waals surface area contributed by atoms with Crippen LogP contribution in [0.25, 0.3) is 0 Å². The van der Waals surface area contributed by atoms with E-state index in [0.29, 0.717) is 25.8 Å². The molecule has 0 aliphatic carbocycles. The number of hydrogen-bond donors (Lipinski definition) is 1. The zero-order valence-electron chi connectivity index (χ0n) is 21.0. The maximum atomic E-state index is 14.0. The molecule has 1 spiro atoms. The third kappa shape index (κ3) is 4.31. The Bertz CT molecular complexity index is 836. The van der Waals surface area contributed by atoms with Gasteiger partial charge in [-0.1, -0.05) is 12.2 Å². The van der Waals surface area contributed by atoms with Crippen LogP contribution >= 0.6 is 0 Å². The molecule has 3 fully saturated rings. The first kappa shape index (κ1) is 26.4. The molecule has 0 aromatic heterocycles. The smallest absolute Gasteiger partial charge is 0.312 e. The molecule has 34 heavy (non-hydrogen) atoms. The minimum absolute atomic E-state index is 0.00293. The van der Waals surface area contributed by atoms with Crippen molar-refractivity contribution in [2.45, 2.75) is 82.6 Å². The van der Waals surface area contributed by atoms with Gasteiger partial charge in [0.05, 0.1) is 24.7 Å². The highest BCUT2D eigenvalue weighted by Gasteiger charge is 2.78. The highest BCUT2D eigenvalue weighted by molar-refractivity contribution is 5.98. The van der Waals surface area contributed by atoms with E-state index in [9.17, 15) is 19.5 Å². The van der Waals surface area contributed by atoms with Crippen molar-refractivity contribution in [2.24, 2.45) is 11.8 Å². The van der Waals surface area contributed by atoms with Gasteiger partial charge in [0.15, 0.2) is 0 Å². The van der Waals surface area contributed by atoms with Crippen LogP contribution in [0.4, 0.5) is 0 Å². The van der Waals surface area contributed by atoms with Gasteiger partial charge in [0.1, 0.15) is 17.6 Å². The Kier molecular flexibility index (Phi) is 7.63. The molecule has 190 valence electrons. The Morgan fingerprint density at radius 3 is 2.56 bits per heavy atom. The number of ether oxygens (including phenoxy) is 2. The molecule has 8 nitrogen and oxygen atoms in total. The summed E-state index contributed by atoms with van der Waals surface area (Å²) in [6.45, 7) is 15.4. The summed E-state index contributed by atoms with van der Waals surface area (Å²) in [5.74, 6) is -2.61. The first-order valence-electron chi connectivity index (χ1n) is 12.3. The van der Waals surface area contributed by atoms with Crippen LogP contribution in [0.2, 0.25) is 0 Å². The molecule has 3 aliphatic heterocycles. The third-order valence-electron chi connectivity index (χ3n) is 7.54. The fourth-order valence-corrected chi connectivity index (χ4v) is 6.04. The van der Waals surface area contributed by atoms with Crippen LogP contribution in [0.1, 0.15) is 59.8 Å². The molecule has 1 N–H and O–H groups in total. The zero-order valence-corrected chi connectivity index (χ0v) is 21.0. The van der Waals surface area contributed by atoms with Gasteiger partial charge in [-0.3, -0.25) is 14.4 Å². The molecular weight excluding hydrogens is 436 g/mol. The summed E-state index contributed by atoms with van der Waals surface area (Å²) in [6, 6.07) is -0.913. The Balaban J connectivity index is 1.95. The summed E-state index contributed by atoms with van der Waals surface area (Å²) >= 11 is 0. The van der Waals surface area contributed by atoms with Gasteiger partial charge in [0.2, 0.25) is 11.8 Å². The van der Waals surface area contributed by atoms with E-state index >= 15 is 0 Å². The molecule has 5 atom stereocenters. The number of carbonyl (C=O) groups excluding carboxylic acids is 3. The minimum atomic E-state index is -1.12. The summed E-state index contributed by atoms with van der Waals surface area (Å²) in [7, 11) is 0. The highest BCUT2D eigenvalue weighted by atomic mass is 16.6. The van der Waals surface area contributed by atoms with Crippen LogP contribution in [0.3, 0.4) is 0 Å². The predicted molar refractivity (Wildman–Crippen MR) is 128 cm³/mol. The molecular formula is C26H40N2O6. The van der Waals surface area contributed by atoms with Gasteiger partial charge in [-0.15, -0.1) is 13.2 Å². The van der Waals surface area contributed by atoms with Crippen molar-refractivity contribution in [1.29, 1.82) is 0 Å². The third-order valence-corrected chi connectivity index (χ3v) is 7.54. The molecule has 2 unspecified atom stereocenters. The lowest BCUT2D eigenvalue weighted by atomic mass is 9.66. The topological polar surface area (TPSA) is 96.4 Å². The summed E-state index contributed by atoms with van der Waals surface area (Å²) in [6.07, 6.45) is 6.97. The maximum Gasteiger partial charge on any atom is 0.312 e. The average Bonchev–Trinajstić information content (AvgIpc) is 3.32. The average molecular weight is 477 g/mol. The first-order valence-corrected chi connectivity index (χ1v) is 12.3. The predicted octanol–water partition coefficient (Wildman–Crippen LogP) is 2.46. The number of hydrogen-bond acceptors (Lipinski definition) is 6. The number of aliphatic hydroxyl groups is 1. The van der Waals surface area contributed by atoms with E-state index in [1.807, 2.05) is 33.8 Å². The molecule has 8 heteroatoms. The molecule has 3 rings (SSSR count). The van der Waals surface area contributed by atoms with Crippen molar-refractivity contribution in [3.63, 3.8) is 0 Å². The second kappa shape index (κ2) is 9.82. The number of fused-ring (bicyclic) bond motifs is 1. The minimum Gasteiger partial charge on any atom is -0.465 e. The number of nitrogens with zero attached hydrogens (tertiary/aromatic N) is 2. The Morgan fingerprint density at radius 1 is 1.26 bits per heavy atom. The van der Waals surface area contributed by atoms with Crippen LogP contribution in [-0.4, -0.2) is 81.8 Å². The summed E-state index contributed by atoms with van der Waals surface area (Å²) in [5, 5.41) is 9.71. The zero-order chi connectivity index (χ0) is 25.3. The second-order valence-electron chi connectivity index (χ2n) is 10.8. The van der Waals surface area contributed by atoms with E-state index in [0.717, 1.165) is 12.8 Å². The van der Waals surface area contributed by atoms with Gasteiger partial charge < -0.3 is 24.4 Å². The van der Waals surface area contributed by atoms with Crippen molar-refractivity contribution < 1.29 is 29.0 Å². The number of amides is 2. The van der Waals surface area contributed by atoms with Crippen molar-refractivity contribution in [1.82, 2.24) is 9.80 Å². The number of β-amino-alcohol motifs (C(OH)–C–C–N with tert-alkyl or cyclic N) is 1. The van der Waals surface area contributed by atoms with E-state index in [2.05, 4.69) is 13.2 Å². The van der Waals surface area contributed by atoms with Gasteiger partial charge in [-0.05, 0) is 59.8 Å². The van der Waals surface area contributed by atoms with Gasteiger partial charge in [0.25, 0.3) is 0 Å². The quantitative estimate of drug-likeness (QED) is 0.280. The molecule has 3 aliphatic rings. The molecule has 3 saturated heterocycles. The SMILES string of the molecule is C=CCCCCOC(=O)[C@H]1[C@H]2C(=O)N(CCO)C(C(=O)N(CC=C)C(C)(C)C)C23CC[C@]1(C)O3. The lowest BCUT2D eigenvalue weighted by Gasteiger charge is -2.41. The number of esters is 1. The molecule has 0 aromatic rings. The van der Waals surface area contributed by atoms with E-state index in [4.69, 9.17) is 9.47 Å². The molecule has 0 saturated carbocycles. The lowest BCUT2D eigenvalue weighted by molar-refractivity contribution is -0.161. The number of allylic oxidation sites excluding steroid dienone is 1. The van der Waals surface area contributed by atoms with Crippen LogP contribution < -0.4 is 0 Å². The Morgan fingerprint density at radius 2 is 1.97 bits per heavy atom. The molecule has 0 aromatic carbocycles. The van der Waals surface area contributed by atoms with Crippen molar-refractivity contribution in [2.75, 3.05) is 26.3 Å². The summed E-state index contributed by atoms with van der Waals surface area (Å²) < 4.78 is 12.1. The number of unbranched alkanes of at least 4 members (excludes halogenated alkanes) is 2. The van der Waals surface area contributed by atoms with Gasteiger partial charge in [-0.2, -0.15) is 0 Å². The monoisotopic (exact) mass is 476 g/mol. The standard InChI is InChI=1S/C26H40N2O6/c1-7-9-10-11-17-33-23(32)19-18-21(30)27(15-16-29)20(26(18)13-12-25(19,6)34-26)22(31)28(14-8-2)24(3,4)5/h7-8,18-20,29H,1-2,9-17H2,3-6H3/t18-,19+,20?,25-,26?/m0/s1. The van der Waals surface area contributed by atoms with Crippen LogP contribution in [0, 0.1) is 11.8 Å². The van der Waals surface area contributed by atoms with Gasteiger partial charge >= 0.3 is 5.97 Å². The number of likely N-dealkylation sites (tertiary alicyclic amines) is 1. The first-order chi connectivity index (χ1) is 16.0. The second-order valence-corrected chi connectivity index (χ2v) is 10.8. The van der Waals surface area contributed by atoms with Crippen LogP contribution in [-0.2, 0) is 23.9 Å². The molecule has 2 bridgehead atoms. The Labute approximate surface area is 202 Å². The van der Waals surface area contributed by atoms with E-state index in [1.54, 1.807) is 11.0 Å². The fraction of sp³-hybridized carbons (Fsp3) is 0.731. The van der Waals surface area contributed by atoms with Crippen molar-refractivity contribution in [3.05, 3.63) is 25.3 Å². The number of carbonyl (C=O) groups is 3. The summed E-state index contributed by atoms with van der Waals surface area (Å²) in [5.41, 5.74) is -2.50. The van der Waals surface area contributed by atoms with Crippen molar-refractivity contribution in [3.8, 4) is 0 Å². The maximum absolute atomic E-state index is 14.0. The number of aliphatic hydroxyl groups excluding tert-OH is 1. The van der Waals surface area contributed by atoms with Crippen molar-refractivity contribution >= 4 is 17.8 Å². The van der Waals surface area contributed by atoms with E-state index in [-0.39, 0.29) is 31.6 Å². The Hall–Kier alpha value is -2.19. The van der Waals surface area contributed by atoms with E-state index in [1.165, 1.54) is 4.90 Å². The molecule has 3 heterocycles. The largest absolute Gasteiger partial charge is 0.465 e. The van der Waals surface area contributed by atoms with Crippen LogP contribution in [0.5, 0.6) is 0 Å². The number of rotatable bonds is 11. The van der Waals surface area contributed by atoms with E-state index < -0.39 is 40.6 Å². The van der Waals surface area contributed by atoms with Gasteiger partial charge in [-0.25, -0.2) is 0 Å². The van der Waals surface area contributed by atoms with Gasteiger partial charge in [0, 0.05) is 18.6 Å². The van der Waals surface area contributed by atoms with Crippen LogP contribution in [0.15, 0.2) is 25.3 Å². The molecule has 0 radical (unpaired) electrons. The normalized spacial score (nSPS) is 32.0. The summed E-state index contributed by atoms with van der Waals surface area (Å²) in [4.78, 5) is 44.0. The lowest BCUT2D eigenvalue weighted by Crippen LogP contribution is -2.60. The fourth-order valence-electron chi connectivity index (χ4n) is 6.04. The molecule has 2 amide bonds.